The van der Waals surface area contributed by atoms with Crippen molar-refractivity contribution in [3.63, 3.8) is 0 Å². The second kappa shape index (κ2) is 5.80. The lowest BCUT2D eigenvalue weighted by Gasteiger charge is -2.06. The maximum atomic E-state index is 5.62. The van der Waals surface area contributed by atoms with Crippen LogP contribution in [-0.4, -0.2) is 4.98 Å². The van der Waals surface area contributed by atoms with Gasteiger partial charge < -0.3 is 10.5 Å². The number of hydrogen-bond donors (Lipinski definition) is 1. The summed E-state index contributed by atoms with van der Waals surface area (Å²) in [7, 11) is 0. The van der Waals surface area contributed by atoms with Crippen molar-refractivity contribution in [3.05, 3.63) is 58.3 Å². The first kappa shape index (κ1) is 12.1. The summed E-state index contributed by atoms with van der Waals surface area (Å²) >= 11 is 3.43. The lowest BCUT2D eigenvalue weighted by molar-refractivity contribution is 0.304. The summed E-state index contributed by atoms with van der Waals surface area (Å²) in [6.07, 6.45) is 1.69. The van der Waals surface area contributed by atoms with E-state index in [2.05, 4.69) is 20.9 Å². The molecule has 0 aliphatic rings. The van der Waals surface area contributed by atoms with Crippen molar-refractivity contribution in [3.8, 4) is 5.75 Å². The minimum atomic E-state index is 0.450. The highest BCUT2D eigenvalue weighted by molar-refractivity contribution is 9.10. The molecule has 0 fully saturated rings. The van der Waals surface area contributed by atoms with Crippen LogP contribution in [0.15, 0.2) is 47.1 Å². The van der Waals surface area contributed by atoms with Crippen molar-refractivity contribution >= 4 is 15.9 Å². The Bertz CT molecular complexity index is 485. The Morgan fingerprint density at radius 1 is 1.24 bits per heavy atom. The van der Waals surface area contributed by atoms with Gasteiger partial charge in [-0.3, -0.25) is 4.98 Å². The highest BCUT2D eigenvalue weighted by Crippen LogP contribution is 2.15. The smallest absolute Gasteiger partial charge is 0.138 e. The van der Waals surface area contributed by atoms with E-state index in [0.717, 1.165) is 21.5 Å². The summed E-state index contributed by atoms with van der Waals surface area (Å²) in [5.41, 5.74) is 7.45. The molecule has 0 aliphatic carbocycles. The van der Waals surface area contributed by atoms with Crippen LogP contribution >= 0.6 is 15.9 Å². The Morgan fingerprint density at radius 2 is 2.12 bits per heavy atom. The molecule has 0 amide bonds. The minimum absolute atomic E-state index is 0.450. The summed E-state index contributed by atoms with van der Waals surface area (Å²) in [5.74, 6) is 0.752. The molecule has 0 saturated heterocycles. The third kappa shape index (κ3) is 3.54. The zero-order valence-corrected chi connectivity index (χ0v) is 10.9. The fourth-order valence-electron chi connectivity index (χ4n) is 1.41. The van der Waals surface area contributed by atoms with Crippen LogP contribution in [0.25, 0.3) is 0 Å². The number of rotatable bonds is 4. The zero-order chi connectivity index (χ0) is 12.1. The number of hydrogen-bond acceptors (Lipinski definition) is 3. The van der Waals surface area contributed by atoms with E-state index >= 15 is 0 Å². The molecule has 0 aliphatic heterocycles. The normalized spacial score (nSPS) is 10.2. The Kier molecular flexibility index (Phi) is 4.12. The third-order valence-electron chi connectivity index (χ3n) is 2.30. The van der Waals surface area contributed by atoms with Gasteiger partial charge in [0.25, 0.3) is 0 Å². The van der Waals surface area contributed by atoms with Crippen LogP contribution in [0.3, 0.4) is 0 Å². The largest absolute Gasteiger partial charge is 0.487 e. The number of benzene rings is 1. The summed E-state index contributed by atoms with van der Waals surface area (Å²) in [5, 5.41) is 0. The van der Waals surface area contributed by atoms with Gasteiger partial charge in [0.2, 0.25) is 0 Å². The van der Waals surface area contributed by atoms with E-state index in [4.69, 9.17) is 10.5 Å². The lowest BCUT2D eigenvalue weighted by Crippen LogP contribution is -2.00. The van der Waals surface area contributed by atoms with Crippen molar-refractivity contribution < 1.29 is 4.74 Å². The fourth-order valence-corrected chi connectivity index (χ4v) is 1.86. The maximum Gasteiger partial charge on any atom is 0.138 e. The summed E-state index contributed by atoms with van der Waals surface area (Å²) < 4.78 is 6.67. The van der Waals surface area contributed by atoms with Gasteiger partial charge in [0, 0.05) is 11.0 Å². The van der Waals surface area contributed by atoms with Gasteiger partial charge in [-0.2, -0.15) is 0 Å². The molecular weight excluding hydrogens is 280 g/mol. The molecule has 88 valence electrons. The monoisotopic (exact) mass is 292 g/mol. The van der Waals surface area contributed by atoms with Crippen LogP contribution < -0.4 is 10.5 Å². The minimum Gasteiger partial charge on any atom is -0.487 e. The van der Waals surface area contributed by atoms with Gasteiger partial charge in [0.05, 0.1) is 11.9 Å². The van der Waals surface area contributed by atoms with Crippen molar-refractivity contribution in [2.75, 3.05) is 0 Å². The van der Waals surface area contributed by atoms with Gasteiger partial charge in [-0.05, 0) is 29.8 Å². The Labute approximate surface area is 109 Å². The molecule has 1 aromatic heterocycles. The highest BCUT2D eigenvalue weighted by atomic mass is 79.9. The van der Waals surface area contributed by atoms with Crippen molar-refractivity contribution in [1.82, 2.24) is 4.98 Å². The van der Waals surface area contributed by atoms with E-state index in [1.54, 1.807) is 6.20 Å². The number of ether oxygens (including phenoxy) is 1. The molecule has 0 atom stereocenters. The van der Waals surface area contributed by atoms with Crippen LogP contribution in [0, 0.1) is 0 Å². The summed E-state index contributed by atoms with van der Waals surface area (Å²) in [4.78, 5) is 4.17. The molecule has 0 saturated carbocycles. The molecule has 17 heavy (non-hydrogen) atoms. The fraction of sp³-hybridized carbons (Fsp3) is 0.154. The molecule has 0 radical (unpaired) electrons. The Hall–Kier alpha value is -1.39. The quantitative estimate of drug-likeness (QED) is 0.943. The Balaban J connectivity index is 1.97. The summed E-state index contributed by atoms with van der Waals surface area (Å²) in [6, 6.07) is 11.8. The summed E-state index contributed by atoms with van der Waals surface area (Å²) in [6.45, 7) is 0.981. The van der Waals surface area contributed by atoms with Gasteiger partial charge in [-0.1, -0.05) is 28.1 Å². The van der Waals surface area contributed by atoms with Gasteiger partial charge >= 0.3 is 0 Å². The van der Waals surface area contributed by atoms with E-state index in [1.807, 2.05) is 36.4 Å². The number of pyridine rings is 1. The van der Waals surface area contributed by atoms with Gasteiger partial charge in [-0.15, -0.1) is 0 Å². The van der Waals surface area contributed by atoms with E-state index in [9.17, 15) is 0 Å². The molecule has 0 spiro atoms. The van der Waals surface area contributed by atoms with Crippen molar-refractivity contribution in [1.29, 1.82) is 0 Å². The van der Waals surface area contributed by atoms with Crippen LogP contribution in [0.4, 0.5) is 0 Å². The molecule has 2 N–H and O–H groups in total. The van der Waals surface area contributed by atoms with Crippen LogP contribution in [0.1, 0.15) is 11.3 Å². The van der Waals surface area contributed by atoms with E-state index < -0.39 is 0 Å². The van der Waals surface area contributed by atoms with Gasteiger partial charge in [0.1, 0.15) is 12.4 Å². The molecule has 2 aromatic rings. The number of nitrogens with zero attached hydrogens (tertiary/aromatic N) is 1. The van der Waals surface area contributed by atoms with E-state index in [0.29, 0.717) is 13.2 Å². The first-order chi connectivity index (χ1) is 8.28. The highest BCUT2D eigenvalue weighted by Gasteiger charge is 1.98. The van der Waals surface area contributed by atoms with Gasteiger partial charge in [0.15, 0.2) is 0 Å². The van der Waals surface area contributed by atoms with Crippen molar-refractivity contribution in [2.24, 2.45) is 5.73 Å². The topological polar surface area (TPSA) is 48.1 Å². The predicted molar refractivity (Wildman–Crippen MR) is 70.6 cm³/mol. The van der Waals surface area contributed by atoms with Crippen LogP contribution in [0.2, 0.25) is 0 Å². The molecule has 0 unspecified atom stereocenters. The molecule has 0 bridgehead atoms. The standard InChI is InChI=1S/C13H13BrN2O/c14-11-3-1-2-10(6-11)9-17-13-5-4-12(7-15)16-8-13/h1-6,8H,7,9,15H2. The number of nitrogens with two attached hydrogens (primary N) is 1. The first-order valence-corrected chi connectivity index (χ1v) is 6.09. The second-order valence-electron chi connectivity index (χ2n) is 3.61. The van der Waals surface area contributed by atoms with Crippen LogP contribution in [0.5, 0.6) is 5.75 Å². The molecular formula is C13H13BrN2O. The average Bonchev–Trinajstić information content (AvgIpc) is 2.37. The van der Waals surface area contributed by atoms with Crippen LogP contribution in [-0.2, 0) is 13.2 Å². The molecule has 1 aromatic carbocycles. The third-order valence-corrected chi connectivity index (χ3v) is 2.79. The predicted octanol–water partition coefficient (Wildman–Crippen LogP) is 2.88. The molecule has 2 rings (SSSR count). The van der Waals surface area contributed by atoms with E-state index in [-0.39, 0.29) is 0 Å². The van der Waals surface area contributed by atoms with Crippen molar-refractivity contribution in [2.45, 2.75) is 13.2 Å². The number of halogens is 1. The maximum absolute atomic E-state index is 5.62. The van der Waals surface area contributed by atoms with Gasteiger partial charge in [-0.25, -0.2) is 0 Å². The molecule has 1 heterocycles. The van der Waals surface area contributed by atoms with E-state index in [1.165, 1.54) is 0 Å². The SMILES string of the molecule is NCc1ccc(OCc2cccc(Br)c2)cn1. The lowest BCUT2D eigenvalue weighted by atomic mass is 10.2. The molecule has 3 nitrogen and oxygen atoms in total. The number of aromatic nitrogens is 1. The zero-order valence-electron chi connectivity index (χ0n) is 9.27. The first-order valence-electron chi connectivity index (χ1n) is 5.30. The average molecular weight is 293 g/mol. The molecule has 4 heteroatoms. The Morgan fingerprint density at radius 3 is 2.76 bits per heavy atom. The second-order valence-corrected chi connectivity index (χ2v) is 4.52.